The highest BCUT2D eigenvalue weighted by molar-refractivity contribution is 5.81. The standard InChI is InChI=1S/C25H25F2N5O4/c1-14-7-17(16-4-2-3-15(9-16)12-28)10-18(8-14)36-23-20(27)11-19(26)22(30-23)32-6-5-31(25(29)35)13-21(32)24(33)34/h2-4,7-11,21H,5-6,12-13,28H2,1H3,(H2,29,35)(H,33,34). The van der Waals surface area contributed by atoms with Crippen molar-refractivity contribution in [3.05, 3.63) is 71.3 Å². The van der Waals surface area contributed by atoms with Crippen molar-refractivity contribution in [2.75, 3.05) is 24.5 Å². The van der Waals surface area contributed by atoms with Crippen LogP contribution in [0.15, 0.2) is 48.5 Å². The number of pyridine rings is 1. The minimum absolute atomic E-state index is 0.0525. The first-order chi connectivity index (χ1) is 17.2. The van der Waals surface area contributed by atoms with Gasteiger partial charge >= 0.3 is 12.0 Å². The number of carboxylic acid groups (broad SMARTS) is 1. The van der Waals surface area contributed by atoms with Gasteiger partial charge in [-0.25, -0.2) is 18.4 Å². The first-order valence-electron chi connectivity index (χ1n) is 11.1. The molecule has 1 aliphatic rings. The number of amides is 2. The highest BCUT2D eigenvalue weighted by Gasteiger charge is 2.36. The summed E-state index contributed by atoms with van der Waals surface area (Å²) in [6, 6.07) is 11.4. The van der Waals surface area contributed by atoms with E-state index < -0.39 is 41.4 Å². The van der Waals surface area contributed by atoms with Gasteiger partial charge in [0.05, 0.1) is 6.54 Å². The minimum Gasteiger partial charge on any atom is -0.480 e. The molecule has 2 heterocycles. The number of nitrogens with zero attached hydrogens (tertiary/aromatic N) is 3. The smallest absolute Gasteiger partial charge is 0.328 e. The topological polar surface area (TPSA) is 135 Å². The lowest BCUT2D eigenvalue weighted by Crippen LogP contribution is -2.59. The third kappa shape index (κ3) is 5.20. The quantitative estimate of drug-likeness (QED) is 0.476. The first kappa shape index (κ1) is 24.9. The monoisotopic (exact) mass is 497 g/mol. The third-order valence-electron chi connectivity index (χ3n) is 5.89. The zero-order valence-electron chi connectivity index (χ0n) is 19.4. The molecule has 1 atom stereocenters. The lowest BCUT2D eigenvalue weighted by molar-refractivity contribution is -0.139. The molecule has 1 saturated heterocycles. The Hall–Kier alpha value is -4.25. The van der Waals surface area contributed by atoms with Gasteiger partial charge in [-0.1, -0.05) is 24.3 Å². The number of aliphatic carboxylic acids is 1. The fraction of sp³-hybridized carbons (Fsp3) is 0.240. The molecule has 188 valence electrons. The summed E-state index contributed by atoms with van der Waals surface area (Å²) in [5.74, 6) is -4.06. The molecule has 11 heteroatoms. The fourth-order valence-corrected chi connectivity index (χ4v) is 4.12. The van der Waals surface area contributed by atoms with Crippen molar-refractivity contribution in [1.29, 1.82) is 0 Å². The molecular weight excluding hydrogens is 472 g/mol. The normalized spacial score (nSPS) is 15.6. The summed E-state index contributed by atoms with van der Waals surface area (Å²) >= 11 is 0. The Labute approximate surface area is 205 Å². The fourth-order valence-electron chi connectivity index (χ4n) is 4.12. The number of rotatable bonds is 6. The Morgan fingerprint density at radius 1 is 1.11 bits per heavy atom. The van der Waals surface area contributed by atoms with Crippen molar-refractivity contribution >= 4 is 17.8 Å². The van der Waals surface area contributed by atoms with Gasteiger partial charge in [-0.2, -0.15) is 4.98 Å². The van der Waals surface area contributed by atoms with Gasteiger partial charge in [-0.05, 0) is 47.4 Å². The number of carbonyl (C=O) groups excluding carboxylic acids is 1. The van der Waals surface area contributed by atoms with Crippen LogP contribution in [0.2, 0.25) is 0 Å². The van der Waals surface area contributed by atoms with E-state index in [9.17, 15) is 23.5 Å². The second-order valence-corrected chi connectivity index (χ2v) is 8.45. The number of halogens is 2. The second-order valence-electron chi connectivity index (χ2n) is 8.45. The molecular formula is C25H25F2N5O4. The van der Waals surface area contributed by atoms with Gasteiger partial charge in [0.2, 0.25) is 0 Å². The van der Waals surface area contributed by atoms with Crippen LogP contribution in [0.5, 0.6) is 11.6 Å². The number of benzene rings is 2. The summed E-state index contributed by atoms with van der Waals surface area (Å²) in [7, 11) is 0. The number of piperazine rings is 1. The Morgan fingerprint density at radius 3 is 2.58 bits per heavy atom. The molecule has 9 nitrogen and oxygen atoms in total. The van der Waals surface area contributed by atoms with Crippen molar-refractivity contribution < 1.29 is 28.2 Å². The number of hydrogen-bond acceptors (Lipinski definition) is 6. The summed E-state index contributed by atoms with van der Waals surface area (Å²) in [6.45, 7) is 1.93. The van der Waals surface area contributed by atoms with Crippen LogP contribution in [0.4, 0.5) is 19.4 Å². The van der Waals surface area contributed by atoms with Gasteiger partial charge in [0.1, 0.15) is 11.8 Å². The second kappa shape index (κ2) is 10.2. The van der Waals surface area contributed by atoms with Crippen molar-refractivity contribution in [2.45, 2.75) is 19.5 Å². The van der Waals surface area contributed by atoms with Crippen LogP contribution in [0, 0.1) is 18.6 Å². The van der Waals surface area contributed by atoms with Crippen molar-refractivity contribution in [2.24, 2.45) is 11.5 Å². The van der Waals surface area contributed by atoms with E-state index in [1.807, 2.05) is 37.3 Å². The molecule has 0 saturated carbocycles. The number of carboxylic acids is 1. The highest BCUT2D eigenvalue weighted by atomic mass is 19.1. The average molecular weight is 498 g/mol. The predicted octanol–water partition coefficient (Wildman–Crippen LogP) is 3.24. The van der Waals surface area contributed by atoms with Gasteiger partial charge in [0.15, 0.2) is 17.5 Å². The van der Waals surface area contributed by atoms with E-state index in [2.05, 4.69) is 4.98 Å². The molecule has 0 bridgehead atoms. The van der Waals surface area contributed by atoms with E-state index in [1.165, 1.54) is 0 Å². The maximum atomic E-state index is 14.8. The first-order valence-corrected chi connectivity index (χ1v) is 11.1. The molecule has 3 aromatic rings. The Balaban J connectivity index is 1.67. The molecule has 4 rings (SSSR count). The van der Waals surface area contributed by atoms with Crippen molar-refractivity contribution in [3.8, 4) is 22.8 Å². The van der Waals surface area contributed by atoms with E-state index in [0.717, 1.165) is 32.1 Å². The largest absolute Gasteiger partial charge is 0.480 e. The van der Waals surface area contributed by atoms with Crippen LogP contribution in [-0.2, 0) is 11.3 Å². The number of urea groups is 1. The highest BCUT2D eigenvalue weighted by Crippen LogP contribution is 2.33. The average Bonchev–Trinajstić information content (AvgIpc) is 2.85. The molecule has 1 fully saturated rings. The maximum Gasteiger partial charge on any atom is 0.328 e. The zero-order chi connectivity index (χ0) is 26.0. The molecule has 2 aromatic carbocycles. The molecule has 0 spiro atoms. The van der Waals surface area contributed by atoms with Gasteiger partial charge in [0, 0.05) is 25.7 Å². The zero-order valence-corrected chi connectivity index (χ0v) is 19.4. The molecule has 36 heavy (non-hydrogen) atoms. The van der Waals surface area contributed by atoms with Crippen molar-refractivity contribution in [3.63, 3.8) is 0 Å². The molecule has 0 aliphatic carbocycles. The number of ether oxygens (including phenoxy) is 1. The van der Waals surface area contributed by atoms with Crippen LogP contribution in [0.25, 0.3) is 11.1 Å². The van der Waals surface area contributed by atoms with Gasteiger partial charge < -0.3 is 31.1 Å². The van der Waals surface area contributed by atoms with E-state index in [1.54, 1.807) is 12.1 Å². The van der Waals surface area contributed by atoms with E-state index in [-0.39, 0.29) is 25.4 Å². The van der Waals surface area contributed by atoms with Crippen LogP contribution in [0.3, 0.4) is 0 Å². The number of hydrogen-bond donors (Lipinski definition) is 3. The van der Waals surface area contributed by atoms with Gasteiger partial charge in [-0.15, -0.1) is 0 Å². The number of aromatic nitrogens is 1. The SMILES string of the molecule is Cc1cc(Oc2nc(N3CCN(C(N)=O)CC3C(=O)O)c(F)cc2F)cc(-c2cccc(CN)c2)c1. The number of nitrogens with two attached hydrogens (primary N) is 2. The maximum absolute atomic E-state index is 14.8. The minimum atomic E-state index is -1.33. The summed E-state index contributed by atoms with van der Waals surface area (Å²) in [4.78, 5) is 29.6. The molecule has 2 amide bonds. The van der Waals surface area contributed by atoms with Crippen LogP contribution in [-0.4, -0.2) is 52.7 Å². The molecule has 1 unspecified atom stereocenters. The van der Waals surface area contributed by atoms with E-state index in [4.69, 9.17) is 16.2 Å². The summed E-state index contributed by atoms with van der Waals surface area (Å²) in [5.41, 5.74) is 14.5. The predicted molar refractivity (Wildman–Crippen MR) is 129 cm³/mol. The van der Waals surface area contributed by atoms with Gasteiger partial charge in [-0.3, -0.25) is 0 Å². The Morgan fingerprint density at radius 2 is 1.89 bits per heavy atom. The summed E-state index contributed by atoms with van der Waals surface area (Å²) in [6.07, 6.45) is 0. The summed E-state index contributed by atoms with van der Waals surface area (Å²) < 4.78 is 35.2. The molecule has 1 aliphatic heterocycles. The number of aryl methyl sites for hydroxylation is 1. The number of primary amides is 1. The lowest BCUT2D eigenvalue weighted by Gasteiger charge is -2.39. The van der Waals surface area contributed by atoms with Crippen molar-refractivity contribution in [1.82, 2.24) is 9.88 Å². The van der Waals surface area contributed by atoms with E-state index >= 15 is 0 Å². The lowest BCUT2D eigenvalue weighted by atomic mass is 10.0. The Bertz CT molecular complexity index is 1320. The molecule has 0 radical (unpaired) electrons. The Kier molecular flexibility index (Phi) is 7.02. The van der Waals surface area contributed by atoms with E-state index in [0.29, 0.717) is 12.6 Å². The molecule has 1 aromatic heterocycles. The van der Waals surface area contributed by atoms with Crippen LogP contribution < -0.4 is 21.1 Å². The summed E-state index contributed by atoms with van der Waals surface area (Å²) in [5, 5.41) is 9.64. The third-order valence-corrected chi connectivity index (χ3v) is 5.89. The number of carbonyl (C=O) groups is 2. The number of anilines is 1. The van der Waals surface area contributed by atoms with Crippen LogP contribution >= 0.6 is 0 Å². The van der Waals surface area contributed by atoms with Crippen LogP contribution in [0.1, 0.15) is 11.1 Å². The molecule has 5 N–H and O–H groups in total. The van der Waals surface area contributed by atoms with Gasteiger partial charge in [0.25, 0.3) is 5.88 Å².